The van der Waals surface area contributed by atoms with Crippen molar-refractivity contribution >= 4 is 5.96 Å². The van der Waals surface area contributed by atoms with E-state index in [1.54, 1.807) is 0 Å². The van der Waals surface area contributed by atoms with Crippen LogP contribution in [0.1, 0.15) is 44.9 Å². The predicted molar refractivity (Wildman–Crippen MR) is 81.3 cm³/mol. The molecule has 2 aliphatic rings. The number of nitrogens with one attached hydrogen (secondary N) is 1. The van der Waals surface area contributed by atoms with E-state index in [-0.39, 0.29) is 0 Å². The number of likely N-dealkylation sites (N-methyl/N-ethyl adjacent to an activating group) is 1. The lowest BCUT2D eigenvalue weighted by Gasteiger charge is -2.21. The van der Waals surface area contributed by atoms with Crippen LogP contribution in [0.3, 0.4) is 0 Å². The highest BCUT2D eigenvalue weighted by atomic mass is 15.1. The zero-order valence-electron chi connectivity index (χ0n) is 12.2. The third-order valence-electron chi connectivity index (χ3n) is 4.17. The molecule has 0 spiro atoms. The van der Waals surface area contributed by atoms with Crippen LogP contribution in [-0.4, -0.2) is 43.6 Å². The molecule has 0 unspecified atom stereocenters. The second-order valence-corrected chi connectivity index (χ2v) is 5.91. The molecule has 1 saturated carbocycles. The summed E-state index contributed by atoms with van der Waals surface area (Å²) >= 11 is 0. The van der Waals surface area contributed by atoms with Gasteiger partial charge in [0, 0.05) is 19.1 Å². The second-order valence-electron chi connectivity index (χ2n) is 5.91. The number of nitrogens with two attached hydrogens (primary N) is 1. The highest BCUT2D eigenvalue weighted by Crippen LogP contribution is 2.17. The molecule has 0 aromatic carbocycles. The summed E-state index contributed by atoms with van der Waals surface area (Å²) in [6, 6.07) is 0.540. The molecule has 3 N–H and O–H groups in total. The fourth-order valence-corrected chi connectivity index (χ4v) is 2.82. The van der Waals surface area contributed by atoms with Crippen LogP contribution >= 0.6 is 0 Å². The minimum atomic E-state index is 0.540. The maximum absolute atomic E-state index is 6.00. The quantitative estimate of drug-likeness (QED) is 0.354. The fourth-order valence-electron chi connectivity index (χ4n) is 2.82. The molecule has 1 heterocycles. The van der Waals surface area contributed by atoms with Crippen LogP contribution in [0, 0.1) is 0 Å². The molecular weight excluding hydrogens is 236 g/mol. The van der Waals surface area contributed by atoms with Gasteiger partial charge in [-0.15, -0.1) is 0 Å². The minimum Gasteiger partial charge on any atom is -0.370 e. The average molecular weight is 264 g/mol. The molecule has 0 saturated heterocycles. The average Bonchev–Trinajstić information content (AvgIpc) is 2.67. The van der Waals surface area contributed by atoms with E-state index in [1.165, 1.54) is 44.1 Å². The Morgan fingerprint density at radius 3 is 2.74 bits per heavy atom. The topological polar surface area (TPSA) is 53.6 Å². The normalized spacial score (nSPS) is 23.8. The molecule has 1 aliphatic carbocycles. The SMILES string of the molecule is CN1CC=C(CN=C(N)NC2CCCCCC2)CC1. The van der Waals surface area contributed by atoms with E-state index >= 15 is 0 Å². The van der Waals surface area contributed by atoms with Crippen LogP contribution in [0.25, 0.3) is 0 Å². The molecule has 0 amide bonds. The van der Waals surface area contributed by atoms with Crippen molar-refractivity contribution in [2.24, 2.45) is 10.7 Å². The molecular formula is C15H28N4. The smallest absolute Gasteiger partial charge is 0.189 e. The summed E-state index contributed by atoms with van der Waals surface area (Å²) < 4.78 is 0. The van der Waals surface area contributed by atoms with E-state index in [2.05, 4.69) is 28.3 Å². The van der Waals surface area contributed by atoms with Crippen LogP contribution in [-0.2, 0) is 0 Å². The fraction of sp³-hybridized carbons (Fsp3) is 0.800. The third kappa shape index (κ3) is 5.23. The maximum Gasteiger partial charge on any atom is 0.189 e. The summed E-state index contributed by atoms with van der Waals surface area (Å²) in [5.41, 5.74) is 7.42. The first-order valence-electron chi connectivity index (χ1n) is 7.67. The summed E-state index contributed by atoms with van der Waals surface area (Å²) in [7, 11) is 2.15. The minimum absolute atomic E-state index is 0.540. The molecule has 19 heavy (non-hydrogen) atoms. The van der Waals surface area contributed by atoms with Gasteiger partial charge in [-0.05, 0) is 26.3 Å². The highest BCUT2D eigenvalue weighted by molar-refractivity contribution is 5.78. The molecule has 0 aromatic heterocycles. The van der Waals surface area contributed by atoms with Gasteiger partial charge in [0.05, 0.1) is 6.54 Å². The maximum atomic E-state index is 6.00. The van der Waals surface area contributed by atoms with Crippen LogP contribution in [0.2, 0.25) is 0 Å². The Hall–Kier alpha value is -1.03. The molecule has 2 rings (SSSR count). The molecule has 0 radical (unpaired) electrons. The van der Waals surface area contributed by atoms with Crippen LogP contribution in [0.5, 0.6) is 0 Å². The molecule has 0 atom stereocenters. The van der Waals surface area contributed by atoms with E-state index in [0.717, 1.165) is 26.1 Å². The lowest BCUT2D eigenvalue weighted by atomic mass is 10.1. The standard InChI is InChI=1S/C15H28N4/c1-19-10-8-13(9-11-19)12-17-15(16)18-14-6-4-2-3-5-7-14/h8,14H,2-7,9-12H2,1H3,(H3,16,17,18). The Morgan fingerprint density at radius 2 is 2.11 bits per heavy atom. The highest BCUT2D eigenvalue weighted by Gasteiger charge is 2.12. The van der Waals surface area contributed by atoms with Gasteiger partial charge in [-0.25, -0.2) is 4.99 Å². The lowest BCUT2D eigenvalue weighted by molar-refractivity contribution is 0.358. The van der Waals surface area contributed by atoms with Gasteiger partial charge in [0.1, 0.15) is 0 Å². The summed E-state index contributed by atoms with van der Waals surface area (Å²) in [6.45, 7) is 2.94. The molecule has 108 valence electrons. The van der Waals surface area contributed by atoms with E-state index in [4.69, 9.17) is 5.73 Å². The van der Waals surface area contributed by atoms with Gasteiger partial charge in [-0.1, -0.05) is 37.3 Å². The first-order valence-corrected chi connectivity index (χ1v) is 7.67. The summed E-state index contributed by atoms with van der Waals surface area (Å²) in [5, 5.41) is 3.40. The molecule has 4 nitrogen and oxygen atoms in total. The zero-order valence-corrected chi connectivity index (χ0v) is 12.2. The number of hydrogen-bond acceptors (Lipinski definition) is 2. The van der Waals surface area contributed by atoms with Crippen LogP contribution in [0.4, 0.5) is 0 Å². The van der Waals surface area contributed by atoms with Crippen LogP contribution < -0.4 is 11.1 Å². The number of hydrogen-bond donors (Lipinski definition) is 2. The van der Waals surface area contributed by atoms with Gasteiger partial charge in [-0.2, -0.15) is 0 Å². The number of rotatable bonds is 3. The number of aliphatic imine (C=N–C) groups is 1. The Kier molecular flexibility index (Phi) is 5.70. The summed E-state index contributed by atoms with van der Waals surface area (Å²) in [6.07, 6.45) is 11.3. The first-order chi connectivity index (χ1) is 9.24. The van der Waals surface area contributed by atoms with E-state index in [1.807, 2.05) is 0 Å². The Bertz CT molecular complexity index is 327. The van der Waals surface area contributed by atoms with Gasteiger partial charge in [-0.3, -0.25) is 0 Å². The summed E-state index contributed by atoms with van der Waals surface area (Å²) in [4.78, 5) is 6.81. The predicted octanol–water partition coefficient (Wildman–Crippen LogP) is 1.88. The number of nitrogens with zero attached hydrogens (tertiary/aromatic N) is 2. The van der Waals surface area contributed by atoms with Gasteiger partial charge in [0.25, 0.3) is 0 Å². The van der Waals surface area contributed by atoms with Crippen molar-refractivity contribution in [3.8, 4) is 0 Å². The largest absolute Gasteiger partial charge is 0.370 e. The van der Waals surface area contributed by atoms with E-state index in [9.17, 15) is 0 Å². The van der Waals surface area contributed by atoms with Gasteiger partial charge in [0.15, 0.2) is 5.96 Å². The molecule has 1 fully saturated rings. The molecule has 4 heteroatoms. The number of guanidine groups is 1. The monoisotopic (exact) mass is 264 g/mol. The van der Waals surface area contributed by atoms with Gasteiger partial charge >= 0.3 is 0 Å². The Morgan fingerprint density at radius 1 is 1.37 bits per heavy atom. The van der Waals surface area contributed by atoms with Gasteiger partial charge < -0.3 is 16.0 Å². The Balaban J connectivity index is 1.75. The van der Waals surface area contributed by atoms with Crippen molar-refractivity contribution in [2.75, 3.05) is 26.7 Å². The van der Waals surface area contributed by atoms with E-state index < -0.39 is 0 Å². The van der Waals surface area contributed by atoms with E-state index in [0.29, 0.717) is 12.0 Å². The molecule has 0 bridgehead atoms. The van der Waals surface area contributed by atoms with Crippen molar-refractivity contribution in [1.29, 1.82) is 0 Å². The van der Waals surface area contributed by atoms with Crippen LogP contribution in [0.15, 0.2) is 16.6 Å². The zero-order chi connectivity index (χ0) is 13.5. The van der Waals surface area contributed by atoms with Crippen molar-refractivity contribution in [1.82, 2.24) is 10.2 Å². The Labute approximate surface area is 117 Å². The first kappa shape index (κ1) is 14.4. The van der Waals surface area contributed by atoms with Crippen molar-refractivity contribution in [3.05, 3.63) is 11.6 Å². The van der Waals surface area contributed by atoms with Crippen molar-refractivity contribution < 1.29 is 0 Å². The summed E-state index contributed by atoms with van der Waals surface area (Å²) in [5.74, 6) is 0.631. The van der Waals surface area contributed by atoms with Crippen molar-refractivity contribution in [3.63, 3.8) is 0 Å². The lowest BCUT2D eigenvalue weighted by Crippen LogP contribution is -2.40. The second kappa shape index (κ2) is 7.53. The van der Waals surface area contributed by atoms with Gasteiger partial charge in [0.2, 0.25) is 0 Å². The van der Waals surface area contributed by atoms with Crippen molar-refractivity contribution in [2.45, 2.75) is 51.0 Å². The molecule has 1 aliphatic heterocycles. The third-order valence-corrected chi connectivity index (χ3v) is 4.17. The molecule has 0 aromatic rings.